The average molecular weight is 239 g/mol. The summed E-state index contributed by atoms with van der Waals surface area (Å²) in [7, 11) is 0. The summed E-state index contributed by atoms with van der Waals surface area (Å²) >= 11 is 0. The highest BCUT2D eigenvalue weighted by Gasteiger charge is 2.26. The van der Waals surface area contributed by atoms with Crippen LogP contribution in [0.5, 0.6) is 0 Å². The number of morpholine rings is 1. The zero-order valence-electron chi connectivity index (χ0n) is 9.78. The maximum atomic E-state index is 9.10. The molecule has 17 heavy (non-hydrogen) atoms. The Bertz CT molecular complexity index is 357. The van der Waals surface area contributed by atoms with Gasteiger partial charge in [-0.1, -0.05) is 0 Å². The zero-order valence-corrected chi connectivity index (χ0v) is 9.78. The second kappa shape index (κ2) is 5.39. The van der Waals surface area contributed by atoms with Gasteiger partial charge in [0.2, 0.25) is 0 Å². The Morgan fingerprint density at radius 1 is 1.41 bits per heavy atom. The van der Waals surface area contributed by atoms with Crippen LogP contribution in [0.15, 0.2) is 12.1 Å². The van der Waals surface area contributed by atoms with E-state index in [1.165, 1.54) is 0 Å². The third kappa shape index (κ3) is 2.71. The van der Waals surface area contributed by atoms with Crippen LogP contribution in [0.25, 0.3) is 0 Å². The lowest BCUT2D eigenvalue weighted by Gasteiger charge is -2.37. The van der Waals surface area contributed by atoms with Crippen LogP contribution in [0.2, 0.25) is 0 Å². The number of ether oxygens (including phenoxy) is 1. The van der Waals surface area contributed by atoms with Crippen LogP contribution in [0.1, 0.15) is 12.6 Å². The van der Waals surface area contributed by atoms with E-state index in [1.54, 1.807) is 6.07 Å². The quantitative estimate of drug-likeness (QED) is 0.744. The standard InChI is InChI=1S/C11H17N3O3/c1-8-7-17-10(6-16)4-14(8)11-3-2-9(5-15)12-13-11/h2-3,8,10,15-16H,4-7H2,1H3. The van der Waals surface area contributed by atoms with Crippen molar-refractivity contribution < 1.29 is 14.9 Å². The Morgan fingerprint density at radius 3 is 2.82 bits per heavy atom. The molecule has 2 rings (SSSR count). The minimum Gasteiger partial charge on any atom is -0.394 e. The van der Waals surface area contributed by atoms with Crippen LogP contribution in [0.3, 0.4) is 0 Å². The molecule has 1 aliphatic heterocycles. The molecule has 1 fully saturated rings. The van der Waals surface area contributed by atoms with Crippen molar-refractivity contribution in [3.8, 4) is 0 Å². The summed E-state index contributed by atoms with van der Waals surface area (Å²) in [5.41, 5.74) is 0.549. The largest absolute Gasteiger partial charge is 0.394 e. The first-order chi connectivity index (χ1) is 8.24. The number of aliphatic hydroxyl groups is 2. The summed E-state index contributed by atoms with van der Waals surface area (Å²) in [6.07, 6.45) is -0.175. The Morgan fingerprint density at radius 2 is 2.24 bits per heavy atom. The van der Waals surface area contributed by atoms with E-state index in [9.17, 15) is 0 Å². The molecule has 6 nitrogen and oxygen atoms in total. The molecule has 0 spiro atoms. The molecule has 0 radical (unpaired) electrons. The molecule has 0 bridgehead atoms. The highest BCUT2D eigenvalue weighted by molar-refractivity contribution is 5.39. The van der Waals surface area contributed by atoms with E-state index in [2.05, 4.69) is 15.1 Å². The molecule has 1 saturated heterocycles. The van der Waals surface area contributed by atoms with Crippen LogP contribution in [-0.4, -0.2) is 52.3 Å². The Hall–Kier alpha value is -1.24. The first kappa shape index (κ1) is 12.2. The van der Waals surface area contributed by atoms with Gasteiger partial charge in [-0.25, -0.2) is 0 Å². The maximum absolute atomic E-state index is 9.10. The second-order valence-electron chi connectivity index (χ2n) is 4.18. The van der Waals surface area contributed by atoms with Gasteiger partial charge in [0, 0.05) is 6.54 Å². The van der Waals surface area contributed by atoms with Crippen LogP contribution in [0, 0.1) is 0 Å². The SMILES string of the molecule is CC1COC(CO)CN1c1ccc(CO)nn1. The lowest BCUT2D eigenvalue weighted by molar-refractivity contribution is -0.0106. The van der Waals surface area contributed by atoms with Crippen molar-refractivity contribution in [2.24, 2.45) is 0 Å². The first-order valence-corrected chi connectivity index (χ1v) is 5.67. The van der Waals surface area contributed by atoms with Gasteiger partial charge in [0.05, 0.1) is 37.7 Å². The molecule has 0 saturated carbocycles. The number of aliphatic hydroxyl groups excluding tert-OH is 2. The Labute approximate surface area is 99.8 Å². The highest BCUT2D eigenvalue weighted by atomic mass is 16.5. The fourth-order valence-electron chi connectivity index (χ4n) is 1.84. The molecule has 0 aliphatic carbocycles. The minimum absolute atomic E-state index is 0.00533. The van der Waals surface area contributed by atoms with Crippen LogP contribution >= 0.6 is 0 Å². The zero-order chi connectivity index (χ0) is 12.3. The smallest absolute Gasteiger partial charge is 0.151 e. The van der Waals surface area contributed by atoms with E-state index >= 15 is 0 Å². The molecule has 1 aromatic heterocycles. The topological polar surface area (TPSA) is 78.7 Å². The lowest BCUT2D eigenvalue weighted by atomic mass is 10.2. The van der Waals surface area contributed by atoms with Crippen LogP contribution in [0.4, 0.5) is 5.82 Å². The number of rotatable bonds is 3. The number of hydrogen-bond acceptors (Lipinski definition) is 6. The summed E-state index contributed by atoms with van der Waals surface area (Å²) in [5, 5.41) is 26.0. The Balaban J connectivity index is 2.12. The van der Waals surface area contributed by atoms with Gasteiger partial charge in [-0.2, -0.15) is 5.10 Å². The summed E-state index contributed by atoms with van der Waals surface area (Å²) in [6, 6.07) is 3.78. The molecular weight excluding hydrogens is 222 g/mol. The average Bonchev–Trinajstić information content (AvgIpc) is 2.39. The maximum Gasteiger partial charge on any atom is 0.151 e. The van der Waals surface area contributed by atoms with Crippen molar-refractivity contribution in [1.82, 2.24) is 10.2 Å². The summed E-state index contributed by atoms with van der Waals surface area (Å²) < 4.78 is 5.46. The number of aromatic nitrogens is 2. The van der Waals surface area contributed by atoms with E-state index in [0.717, 1.165) is 5.82 Å². The van der Waals surface area contributed by atoms with Crippen molar-refractivity contribution in [3.05, 3.63) is 17.8 Å². The summed E-state index contributed by atoms with van der Waals surface area (Å²) in [6.45, 7) is 3.10. The Kier molecular flexibility index (Phi) is 3.88. The van der Waals surface area contributed by atoms with E-state index in [0.29, 0.717) is 18.8 Å². The summed E-state index contributed by atoms with van der Waals surface area (Å²) in [4.78, 5) is 2.05. The normalized spacial score (nSPS) is 25.0. The first-order valence-electron chi connectivity index (χ1n) is 5.67. The number of anilines is 1. The molecule has 2 atom stereocenters. The number of hydrogen-bond donors (Lipinski definition) is 2. The van der Waals surface area contributed by atoms with Gasteiger partial charge in [0.15, 0.2) is 5.82 Å². The molecule has 0 amide bonds. The van der Waals surface area contributed by atoms with E-state index < -0.39 is 0 Å². The van der Waals surface area contributed by atoms with Gasteiger partial charge in [-0.05, 0) is 19.1 Å². The third-order valence-electron chi connectivity index (χ3n) is 2.87. The van der Waals surface area contributed by atoms with Crippen molar-refractivity contribution in [2.45, 2.75) is 25.7 Å². The molecular formula is C11H17N3O3. The molecule has 1 aliphatic rings. The van der Waals surface area contributed by atoms with Crippen molar-refractivity contribution in [2.75, 3.05) is 24.7 Å². The number of nitrogens with zero attached hydrogens (tertiary/aromatic N) is 3. The second-order valence-corrected chi connectivity index (χ2v) is 4.18. The van der Waals surface area contributed by atoms with Crippen LogP contribution < -0.4 is 4.90 Å². The predicted octanol–water partition coefficient (Wildman–Crippen LogP) is -0.445. The van der Waals surface area contributed by atoms with E-state index in [-0.39, 0.29) is 25.4 Å². The van der Waals surface area contributed by atoms with Gasteiger partial charge in [-0.15, -0.1) is 5.10 Å². The van der Waals surface area contributed by atoms with Gasteiger partial charge in [-0.3, -0.25) is 0 Å². The van der Waals surface area contributed by atoms with Crippen molar-refractivity contribution in [1.29, 1.82) is 0 Å². The molecule has 6 heteroatoms. The fraction of sp³-hybridized carbons (Fsp3) is 0.636. The molecule has 2 unspecified atom stereocenters. The fourth-order valence-corrected chi connectivity index (χ4v) is 1.84. The molecule has 2 heterocycles. The molecule has 1 aromatic rings. The highest BCUT2D eigenvalue weighted by Crippen LogP contribution is 2.18. The van der Waals surface area contributed by atoms with E-state index in [1.807, 2.05) is 13.0 Å². The molecule has 94 valence electrons. The van der Waals surface area contributed by atoms with Gasteiger partial charge in [0.25, 0.3) is 0 Å². The van der Waals surface area contributed by atoms with Gasteiger partial charge in [0.1, 0.15) is 0 Å². The lowest BCUT2D eigenvalue weighted by Crippen LogP contribution is -2.50. The minimum atomic E-state index is -0.175. The van der Waals surface area contributed by atoms with Crippen LogP contribution in [-0.2, 0) is 11.3 Å². The van der Waals surface area contributed by atoms with Gasteiger partial charge >= 0.3 is 0 Å². The summed E-state index contributed by atoms with van der Waals surface area (Å²) in [5.74, 6) is 0.747. The van der Waals surface area contributed by atoms with Crippen molar-refractivity contribution >= 4 is 5.82 Å². The van der Waals surface area contributed by atoms with Crippen molar-refractivity contribution in [3.63, 3.8) is 0 Å². The third-order valence-corrected chi connectivity index (χ3v) is 2.87. The monoisotopic (exact) mass is 239 g/mol. The van der Waals surface area contributed by atoms with E-state index in [4.69, 9.17) is 14.9 Å². The van der Waals surface area contributed by atoms with Gasteiger partial charge < -0.3 is 19.8 Å². The molecule has 2 N–H and O–H groups in total. The predicted molar refractivity (Wildman–Crippen MR) is 61.6 cm³/mol. The molecule has 0 aromatic carbocycles.